The van der Waals surface area contributed by atoms with Gasteiger partial charge >= 0.3 is 5.97 Å². The first-order chi connectivity index (χ1) is 11.1. The van der Waals surface area contributed by atoms with Gasteiger partial charge in [0, 0.05) is 10.2 Å². The summed E-state index contributed by atoms with van der Waals surface area (Å²) in [5, 5.41) is 17.2. The number of benzene rings is 2. The Balaban J connectivity index is 1.94. The first-order valence-electron chi connectivity index (χ1n) is 6.62. The minimum absolute atomic E-state index is 0.198. The van der Waals surface area contributed by atoms with Crippen LogP contribution in [0.25, 0.3) is 0 Å². The Kier molecular flexibility index (Phi) is 6.37. The number of nitrogens with two attached hydrogens (primary N) is 1. The number of carboxylic acids is 1. The van der Waals surface area contributed by atoms with Crippen LogP contribution in [0.4, 0.5) is 0 Å². The zero-order chi connectivity index (χ0) is 16.7. The van der Waals surface area contributed by atoms with Crippen molar-refractivity contribution in [3.63, 3.8) is 0 Å². The molecule has 0 amide bonds. The molecule has 118 valence electrons. The lowest BCUT2D eigenvalue weighted by Crippen LogP contribution is -2.06. The summed E-state index contributed by atoms with van der Waals surface area (Å²) >= 11 is 4.61. The molecule has 0 aliphatic heterocycles. The number of hydrogen-bond acceptors (Lipinski definition) is 4. The van der Waals surface area contributed by atoms with Gasteiger partial charge in [-0.2, -0.15) is 5.10 Å². The van der Waals surface area contributed by atoms with E-state index in [0.717, 1.165) is 16.9 Å². The molecule has 2 rings (SSSR count). The van der Waals surface area contributed by atoms with E-state index in [-0.39, 0.29) is 5.56 Å². The van der Waals surface area contributed by atoms with E-state index in [1.54, 1.807) is 12.1 Å². The van der Waals surface area contributed by atoms with E-state index in [1.165, 1.54) is 24.0 Å². The molecular weight excluding hydrogens is 378 g/mol. The molecule has 0 spiro atoms. The van der Waals surface area contributed by atoms with Gasteiger partial charge in [0.2, 0.25) is 0 Å². The fourth-order valence-corrected chi connectivity index (χ4v) is 2.88. The molecule has 0 aromatic heterocycles. The second-order valence-electron chi connectivity index (χ2n) is 4.50. The summed E-state index contributed by atoms with van der Waals surface area (Å²) in [6.07, 6.45) is 1.52. The van der Waals surface area contributed by atoms with Gasteiger partial charge in [0.1, 0.15) is 0 Å². The number of amidine groups is 1. The molecule has 0 unspecified atom stereocenters. The third kappa shape index (κ3) is 5.54. The largest absolute Gasteiger partial charge is 0.478 e. The average Bonchev–Trinajstić information content (AvgIpc) is 2.53. The molecule has 0 aliphatic carbocycles. The first-order valence-corrected chi connectivity index (χ1v) is 8.40. The van der Waals surface area contributed by atoms with Crippen molar-refractivity contribution in [1.29, 1.82) is 0 Å². The fourth-order valence-electron chi connectivity index (χ4n) is 1.70. The summed E-state index contributed by atoms with van der Waals surface area (Å²) in [6.45, 7) is 0. The van der Waals surface area contributed by atoms with E-state index >= 15 is 0 Å². The number of nitrogens with zero attached hydrogens (tertiary/aromatic N) is 2. The van der Waals surface area contributed by atoms with Crippen molar-refractivity contribution in [2.75, 3.05) is 0 Å². The van der Waals surface area contributed by atoms with Crippen LogP contribution in [0.3, 0.4) is 0 Å². The van der Waals surface area contributed by atoms with E-state index in [0.29, 0.717) is 9.64 Å². The minimum atomic E-state index is -0.986. The van der Waals surface area contributed by atoms with E-state index in [9.17, 15) is 4.79 Å². The van der Waals surface area contributed by atoms with Crippen LogP contribution in [0.1, 0.15) is 21.5 Å². The number of halogens is 1. The molecule has 7 heteroatoms. The van der Waals surface area contributed by atoms with Gasteiger partial charge in [0.25, 0.3) is 0 Å². The van der Waals surface area contributed by atoms with Gasteiger partial charge in [-0.15, -0.1) is 5.10 Å². The van der Waals surface area contributed by atoms with Crippen molar-refractivity contribution in [1.82, 2.24) is 0 Å². The highest BCUT2D eigenvalue weighted by molar-refractivity contribution is 9.10. The van der Waals surface area contributed by atoms with E-state index in [1.807, 2.05) is 30.3 Å². The van der Waals surface area contributed by atoms with E-state index in [2.05, 4.69) is 26.1 Å². The Morgan fingerprint density at radius 2 is 2.00 bits per heavy atom. The Morgan fingerprint density at radius 1 is 1.26 bits per heavy atom. The molecule has 0 aliphatic rings. The molecule has 0 atom stereocenters. The highest BCUT2D eigenvalue weighted by atomic mass is 79.9. The lowest BCUT2D eigenvalue weighted by atomic mass is 10.1. The highest BCUT2D eigenvalue weighted by Gasteiger charge is 2.07. The maximum absolute atomic E-state index is 10.9. The van der Waals surface area contributed by atoms with Crippen molar-refractivity contribution in [3.05, 3.63) is 69.7 Å². The zero-order valence-corrected chi connectivity index (χ0v) is 14.4. The standard InChI is InChI=1S/C16H14BrN3O2S/c17-14-8-12(6-7-13(14)15(21)22)9-19-20-16(18)23-10-11-4-2-1-3-5-11/h1-9H,10H2,(H2,18,20)(H,21,22). The normalized spacial score (nSPS) is 11.8. The van der Waals surface area contributed by atoms with Gasteiger partial charge in [0.15, 0.2) is 5.17 Å². The van der Waals surface area contributed by atoms with Crippen molar-refractivity contribution in [2.45, 2.75) is 5.75 Å². The van der Waals surface area contributed by atoms with Crippen LogP contribution in [-0.2, 0) is 5.75 Å². The molecule has 0 radical (unpaired) electrons. The SMILES string of the molecule is NC(=NN=Cc1ccc(C(=O)O)c(Br)c1)SCc1ccccc1. The molecule has 0 saturated carbocycles. The molecule has 3 N–H and O–H groups in total. The van der Waals surface area contributed by atoms with Crippen molar-refractivity contribution < 1.29 is 9.90 Å². The smallest absolute Gasteiger partial charge is 0.336 e. The molecule has 0 bridgehead atoms. The van der Waals surface area contributed by atoms with Gasteiger partial charge in [-0.1, -0.05) is 48.2 Å². The molecule has 0 saturated heterocycles. The average molecular weight is 392 g/mol. The fraction of sp³-hybridized carbons (Fsp3) is 0.0625. The predicted octanol–water partition coefficient (Wildman–Crippen LogP) is 3.73. The Labute approximate surface area is 146 Å². The number of hydrogen-bond donors (Lipinski definition) is 2. The van der Waals surface area contributed by atoms with Crippen LogP contribution in [0.5, 0.6) is 0 Å². The molecule has 0 fully saturated rings. The summed E-state index contributed by atoms with van der Waals surface area (Å²) in [5.74, 6) is -0.259. The quantitative estimate of drug-likeness (QED) is 0.461. The summed E-state index contributed by atoms with van der Waals surface area (Å²) < 4.78 is 0.490. The molecular formula is C16H14BrN3O2S. The molecule has 0 heterocycles. The van der Waals surface area contributed by atoms with Crippen LogP contribution < -0.4 is 5.73 Å². The summed E-state index contributed by atoms with van der Waals surface area (Å²) in [6, 6.07) is 14.8. The van der Waals surface area contributed by atoms with Gasteiger partial charge in [0.05, 0.1) is 11.8 Å². The zero-order valence-electron chi connectivity index (χ0n) is 12.0. The van der Waals surface area contributed by atoms with Crippen LogP contribution in [0, 0.1) is 0 Å². The number of aromatic carboxylic acids is 1. The Morgan fingerprint density at radius 3 is 2.65 bits per heavy atom. The van der Waals surface area contributed by atoms with Crippen molar-refractivity contribution >= 4 is 45.0 Å². The van der Waals surface area contributed by atoms with E-state index < -0.39 is 5.97 Å². The summed E-state index contributed by atoms with van der Waals surface area (Å²) in [7, 11) is 0. The number of carbonyl (C=O) groups is 1. The molecule has 2 aromatic carbocycles. The lowest BCUT2D eigenvalue weighted by molar-refractivity contribution is 0.0696. The third-order valence-electron chi connectivity index (χ3n) is 2.82. The topological polar surface area (TPSA) is 88.0 Å². The van der Waals surface area contributed by atoms with Crippen LogP contribution in [0.15, 0.2) is 63.2 Å². The summed E-state index contributed by atoms with van der Waals surface area (Å²) in [5.41, 5.74) is 7.88. The minimum Gasteiger partial charge on any atom is -0.478 e. The van der Waals surface area contributed by atoms with E-state index in [4.69, 9.17) is 10.8 Å². The molecule has 5 nitrogen and oxygen atoms in total. The first kappa shape index (κ1) is 17.2. The van der Waals surface area contributed by atoms with Crippen LogP contribution >= 0.6 is 27.7 Å². The lowest BCUT2D eigenvalue weighted by Gasteiger charge is -2.00. The Hall–Kier alpha value is -2.12. The molecule has 2 aromatic rings. The maximum Gasteiger partial charge on any atom is 0.336 e. The number of carboxylic acid groups (broad SMARTS) is 1. The second kappa shape index (κ2) is 8.50. The summed E-state index contributed by atoms with van der Waals surface area (Å²) in [4.78, 5) is 10.9. The van der Waals surface area contributed by atoms with Gasteiger partial charge in [-0.05, 0) is 39.2 Å². The molecule has 23 heavy (non-hydrogen) atoms. The van der Waals surface area contributed by atoms with Crippen LogP contribution in [0.2, 0.25) is 0 Å². The van der Waals surface area contributed by atoms with Crippen molar-refractivity contribution in [3.8, 4) is 0 Å². The highest BCUT2D eigenvalue weighted by Crippen LogP contribution is 2.18. The maximum atomic E-state index is 10.9. The Bertz CT molecular complexity index is 748. The predicted molar refractivity (Wildman–Crippen MR) is 98.1 cm³/mol. The van der Waals surface area contributed by atoms with Gasteiger partial charge in [-0.25, -0.2) is 4.79 Å². The van der Waals surface area contributed by atoms with Gasteiger partial charge < -0.3 is 10.8 Å². The van der Waals surface area contributed by atoms with Crippen molar-refractivity contribution in [2.24, 2.45) is 15.9 Å². The monoisotopic (exact) mass is 391 g/mol. The van der Waals surface area contributed by atoms with Crippen LogP contribution in [-0.4, -0.2) is 22.5 Å². The third-order valence-corrected chi connectivity index (χ3v) is 4.33. The number of rotatable bonds is 5. The number of thioether (sulfide) groups is 1. The second-order valence-corrected chi connectivity index (χ2v) is 6.35. The van der Waals surface area contributed by atoms with Gasteiger partial charge in [-0.3, -0.25) is 0 Å².